The van der Waals surface area contributed by atoms with E-state index in [1.807, 2.05) is 0 Å². The van der Waals surface area contributed by atoms with Crippen LogP contribution in [0.1, 0.15) is 23.2 Å². The minimum absolute atomic E-state index is 0.0900. The van der Waals surface area contributed by atoms with Crippen LogP contribution in [0.4, 0.5) is 5.69 Å². The van der Waals surface area contributed by atoms with Crippen molar-refractivity contribution in [3.05, 3.63) is 38.9 Å². The summed E-state index contributed by atoms with van der Waals surface area (Å²) in [7, 11) is 0. The molecule has 0 aromatic heterocycles. The van der Waals surface area contributed by atoms with Crippen LogP contribution in [0.15, 0.2) is 18.2 Å². The maximum absolute atomic E-state index is 11.8. The van der Waals surface area contributed by atoms with E-state index in [-0.39, 0.29) is 22.2 Å². The van der Waals surface area contributed by atoms with Gasteiger partial charge in [0.15, 0.2) is 6.61 Å². The van der Waals surface area contributed by atoms with Crippen molar-refractivity contribution in [2.45, 2.75) is 12.8 Å². The van der Waals surface area contributed by atoms with Crippen LogP contribution in [0.3, 0.4) is 0 Å². The van der Waals surface area contributed by atoms with E-state index in [2.05, 4.69) is 0 Å². The third kappa shape index (κ3) is 3.40. The Hall–Kier alpha value is -2.48. The summed E-state index contributed by atoms with van der Waals surface area (Å²) in [6, 6.07) is 3.27. The van der Waals surface area contributed by atoms with Gasteiger partial charge in [0.25, 0.3) is 11.6 Å². The summed E-state index contributed by atoms with van der Waals surface area (Å²) >= 11 is 5.78. The number of carbonyl (C=O) groups excluding carboxylic acids is 3. The number of nitro benzene ring substituents is 1. The van der Waals surface area contributed by atoms with Crippen LogP contribution in [0.25, 0.3) is 0 Å². The van der Waals surface area contributed by atoms with E-state index >= 15 is 0 Å². The number of halogens is 1. The predicted molar refractivity (Wildman–Crippen MR) is 74.3 cm³/mol. The third-order valence-electron chi connectivity index (χ3n) is 3.08. The standard InChI is InChI=1S/C13H11ClN2O6/c14-10-6-8(16(20)21)3-4-9(10)13(19)22-7-12(18)15-5-1-2-11(15)17/h3-4,6H,1-2,5,7H2. The number of non-ortho nitro benzene ring substituents is 1. The zero-order valence-corrected chi connectivity index (χ0v) is 12.0. The van der Waals surface area contributed by atoms with Gasteiger partial charge in [-0.25, -0.2) is 4.79 Å². The molecule has 1 saturated heterocycles. The van der Waals surface area contributed by atoms with Crippen molar-refractivity contribution < 1.29 is 24.0 Å². The highest BCUT2D eigenvalue weighted by molar-refractivity contribution is 6.33. The van der Waals surface area contributed by atoms with Crippen LogP contribution in [0, 0.1) is 10.1 Å². The van der Waals surface area contributed by atoms with E-state index in [0.717, 1.165) is 23.1 Å². The van der Waals surface area contributed by atoms with Crippen molar-refractivity contribution in [1.82, 2.24) is 4.90 Å². The first-order valence-electron chi connectivity index (χ1n) is 6.34. The molecular formula is C13H11ClN2O6. The fourth-order valence-electron chi connectivity index (χ4n) is 1.98. The Morgan fingerprint density at radius 1 is 1.41 bits per heavy atom. The van der Waals surface area contributed by atoms with Gasteiger partial charge >= 0.3 is 5.97 Å². The summed E-state index contributed by atoms with van der Waals surface area (Å²) in [5.41, 5.74) is -0.354. The number of hydrogen-bond donors (Lipinski definition) is 0. The normalized spacial score (nSPS) is 14.0. The molecule has 0 saturated carbocycles. The van der Waals surface area contributed by atoms with E-state index in [9.17, 15) is 24.5 Å². The summed E-state index contributed by atoms with van der Waals surface area (Å²) in [5, 5.41) is 10.4. The Labute approximate surface area is 129 Å². The van der Waals surface area contributed by atoms with Gasteiger partial charge in [-0.05, 0) is 12.5 Å². The van der Waals surface area contributed by atoms with Gasteiger partial charge in [0.1, 0.15) is 0 Å². The number of rotatable bonds is 4. The number of nitro groups is 1. The zero-order chi connectivity index (χ0) is 16.3. The fourth-order valence-corrected chi connectivity index (χ4v) is 2.23. The molecule has 0 spiro atoms. The second-order valence-electron chi connectivity index (χ2n) is 4.54. The van der Waals surface area contributed by atoms with Crippen molar-refractivity contribution in [3.63, 3.8) is 0 Å². The number of ether oxygens (including phenoxy) is 1. The van der Waals surface area contributed by atoms with Crippen LogP contribution in [-0.2, 0) is 14.3 Å². The minimum atomic E-state index is -0.889. The van der Waals surface area contributed by atoms with E-state index in [1.54, 1.807) is 0 Å². The van der Waals surface area contributed by atoms with E-state index in [1.165, 1.54) is 0 Å². The molecule has 0 bridgehead atoms. The smallest absolute Gasteiger partial charge is 0.340 e. The molecule has 2 amide bonds. The Bertz CT molecular complexity index is 660. The van der Waals surface area contributed by atoms with Crippen molar-refractivity contribution in [1.29, 1.82) is 0 Å². The Kier molecular flexibility index (Phi) is 4.71. The minimum Gasteiger partial charge on any atom is -0.452 e. The summed E-state index contributed by atoms with van der Waals surface area (Å²) in [6.07, 6.45) is 0.889. The predicted octanol–water partition coefficient (Wildman–Crippen LogP) is 1.55. The summed E-state index contributed by atoms with van der Waals surface area (Å²) in [4.78, 5) is 45.9. The van der Waals surface area contributed by atoms with Gasteiger partial charge in [-0.15, -0.1) is 0 Å². The van der Waals surface area contributed by atoms with Crippen LogP contribution < -0.4 is 0 Å². The molecule has 1 aromatic rings. The molecule has 0 atom stereocenters. The van der Waals surface area contributed by atoms with Gasteiger partial charge in [-0.3, -0.25) is 24.6 Å². The zero-order valence-electron chi connectivity index (χ0n) is 11.3. The molecule has 1 fully saturated rings. The molecule has 1 aliphatic rings. The van der Waals surface area contributed by atoms with E-state index in [4.69, 9.17) is 16.3 Å². The van der Waals surface area contributed by atoms with Gasteiger partial charge in [0.05, 0.1) is 15.5 Å². The molecule has 9 heteroatoms. The lowest BCUT2D eigenvalue weighted by Gasteiger charge is -2.13. The lowest BCUT2D eigenvalue weighted by molar-refractivity contribution is -0.384. The molecule has 1 aliphatic heterocycles. The fraction of sp³-hybridized carbons (Fsp3) is 0.308. The number of benzene rings is 1. The highest BCUT2D eigenvalue weighted by Gasteiger charge is 2.27. The number of hydrogen-bond acceptors (Lipinski definition) is 6. The number of carbonyl (C=O) groups is 3. The first-order valence-corrected chi connectivity index (χ1v) is 6.72. The Morgan fingerprint density at radius 3 is 2.68 bits per heavy atom. The number of likely N-dealkylation sites (tertiary alicyclic amines) is 1. The van der Waals surface area contributed by atoms with E-state index in [0.29, 0.717) is 19.4 Å². The molecule has 0 N–H and O–H groups in total. The molecule has 116 valence electrons. The Morgan fingerprint density at radius 2 is 2.14 bits per heavy atom. The van der Waals surface area contributed by atoms with Gasteiger partial charge in [-0.2, -0.15) is 0 Å². The topological polar surface area (TPSA) is 107 Å². The van der Waals surface area contributed by atoms with Gasteiger partial charge < -0.3 is 4.74 Å². The SMILES string of the molecule is O=C(OCC(=O)N1CCCC1=O)c1ccc([N+](=O)[O-])cc1Cl. The third-order valence-corrected chi connectivity index (χ3v) is 3.40. The highest BCUT2D eigenvalue weighted by Crippen LogP contribution is 2.23. The van der Waals surface area contributed by atoms with Crippen molar-refractivity contribution in [2.75, 3.05) is 13.2 Å². The van der Waals surface area contributed by atoms with E-state index < -0.39 is 23.4 Å². The number of amides is 2. The monoisotopic (exact) mass is 326 g/mol. The number of nitrogens with zero attached hydrogens (tertiary/aromatic N) is 2. The average Bonchev–Trinajstić information content (AvgIpc) is 2.90. The largest absolute Gasteiger partial charge is 0.452 e. The molecule has 1 heterocycles. The van der Waals surface area contributed by atoms with Gasteiger partial charge in [0.2, 0.25) is 5.91 Å². The average molecular weight is 327 g/mol. The van der Waals surface area contributed by atoms with Gasteiger partial charge in [0, 0.05) is 25.1 Å². The number of imide groups is 1. The second kappa shape index (κ2) is 6.52. The van der Waals surface area contributed by atoms with Crippen molar-refractivity contribution >= 4 is 35.1 Å². The maximum atomic E-state index is 11.8. The number of esters is 1. The molecule has 0 unspecified atom stereocenters. The van der Waals surface area contributed by atoms with Crippen molar-refractivity contribution in [3.8, 4) is 0 Å². The van der Waals surface area contributed by atoms with Crippen LogP contribution >= 0.6 is 11.6 Å². The van der Waals surface area contributed by atoms with Gasteiger partial charge in [-0.1, -0.05) is 11.6 Å². The first-order chi connectivity index (χ1) is 10.4. The van der Waals surface area contributed by atoms with Crippen molar-refractivity contribution in [2.24, 2.45) is 0 Å². The molecule has 2 rings (SSSR count). The summed E-state index contributed by atoms with van der Waals surface area (Å²) < 4.78 is 4.80. The lowest BCUT2D eigenvalue weighted by Crippen LogP contribution is -2.35. The quantitative estimate of drug-likeness (QED) is 0.472. The molecule has 0 radical (unpaired) electrons. The second-order valence-corrected chi connectivity index (χ2v) is 4.95. The molecule has 1 aromatic carbocycles. The Balaban J connectivity index is 1.99. The first kappa shape index (κ1) is 15.9. The van der Waals surface area contributed by atoms with Crippen LogP contribution in [0.2, 0.25) is 5.02 Å². The molecule has 8 nitrogen and oxygen atoms in total. The van der Waals surface area contributed by atoms with Crippen LogP contribution in [0.5, 0.6) is 0 Å². The molecule has 0 aliphatic carbocycles. The molecule has 22 heavy (non-hydrogen) atoms. The van der Waals surface area contributed by atoms with Crippen LogP contribution in [-0.4, -0.2) is 40.8 Å². The highest BCUT2D eigenvalue weighted by atomic mass is 35.5. The summed E-state index contributed by atoms with van der Waals surface area (Å²) in [5.74, 6) is -1.79. The molecular weight excluding hydrogens is 316 g/mol. The summed E-state index contributed by atoms with van der Waals surface area (Å²) in [6.45, 7) is -0.272. The lowest BCUT2D eigenvalue weighted by atomic mass is 10.2. The maximum Gasteiger partial charge on any atom is 0.340 e.